The smallest absolute Gasteiger partial charge is 0.247 e. The lowest BCUT2D eigenvalue weighted by Crippen LogP contribution is -2.58. The van der Waals surface area contributed by atoms with Crippen LogP contribution in [0.2, 0.25) is 0 Å². The molecule has 37 heavy (non-hydrogen) atoms. The number of ether oxygens (including phenoxy) is 1. The summed E-state index contributed by atoms with van der Waals surface area (Å²) in [4.78, 5) is 42.8. The minimum atomic E-state index is -1.16. The van der Waals surface area contributed by atoms with Gasteiger partial charge in [0, 0.05) is 6.54 Å². The van der Waals surface area contributed by atoms with E-state index in [-0.39, 0.29) is 31.0 Å². The van der Waals surface area contributed by atoms with Crippen LogP contribution < -0.4 is 10.6 Å². The fourth-order valence-electron chi connectivity index (χ4n) is 6.82. The van der Waals surface area contributed by atoms with Gasteiger partial charge in [0.1, 0.15) is 23.8 Å². The molecule has 1 aromatic heterocycles. The number of aromatic nitrogens is 3. The lowest BCUT2D eigenvalue weighted by molar-refractivity contribution is -0.151. The van der Waals surface area contributed by atoms with Gasteiger partial charge in [0.05, 0.1) is 35.6 Å². The molecule has 0 radical (unpaired) electrons. The molecule has 2 aromatic rings. The van der Waals surface area contributed by atoms with Crippen LogP contribution >= 0.6 is 0 Å². The molecule has 3 N–H and O–H groups in total. The van der Waals surface area contributed by atoms with Gasteiger partial charge >= 0.3 is 0 Å². The molecule has 11 nitrogen and oxygen atoms in total. The van der Waals surface area contributed by atoms with Crippen LogP contribution in [0.15, 0.2) is 24.3 Å². The van der Waals surface area contributed by atoms with E-state index in [1.165, 1.54) is 4.90 Å². The van der Waals surface area contributed by atoms with E-state index in [1.807, 2.05) is 52.0 Å². The number of rotatable bonds is 9. The maximum Gasteiger partial charge on any atom is 0.247 e. The van der Waals surface area contributed by atoms with Crippen molar-refractivity contribution < 1.29 is 24.2 Å². The third-order valence-corrected chi connectivity index (χ3v) is 8.73. The lowest BCUT2D eigenvalue weighted by atomic mass is 9.62. The second kappa shape index (κ2) is 9.36. The van der Waals surface area contributed by atoms with Crippen LogP contribution in [0.25, 0.3) is 11.0 Å². The molecule has 3 saturated heterocycles. The van der Waals surface area contributed by atoms with Crippen LogP contribution in [0, 0.1) is 17.8 Å². The van der Waals surface area contributed by atoms with E-state index < -0.39 is 41.0 Å². The Kier molecular flexibility index (Phi) is 6.47. The highest BCUT2D eigenvalue weighted by atomic mass is 16.5. The number of nitrogens with zero attached hydrogens (tertiary/aromatic N) is 4. The molecule has 0 saturated carbocycles. The van der Waals surface area contributed by atoms with Gasteiger partial charge in [-0.3, -0.25) is 14.4 Å². The molecular formula is C26H36N6O5. The maximum atomic E-state index is 14.0. The van der Waals surface area contributed by atoms with Gasteiger partial charge in [-0.2, -0.15) is 0 Å². The van der Waals surface area contributed by atoms with Gasteiger partial charge in [-0.15, -0.1) is 5.10 Å². The zero-order chi connectivity index (χ0) is 26.5. The van der Waals surface area contributed by atoms with Gasteiger partial charge in [-0.25, -0.2) is 4.68 Å². The summed E-state index contributed by atoms with van der Waals surface area (Å²) in [6, 6.07) is 5.89. The molecule has 11 heteroatoms. The topological polar surface area (TPSA) is 139 Å². The third kappa shape index (κ3) is 3.65. The molecule has 3 aliphatic heterocycles. The summed E-state index contributed by atoms with van der Waals surface area (Å²) >= 11 is 0. The van der Waals surface area contributed by atoms with Gasteiger partial charge in [0.25, 0.3) is 0 Å². The van der Waals surface area contributed by atoms with Crippen LogP contribution in [-0.4, -0.2) is 79.2 Å². The summed E-state index contributed by atoms with van der Waals surface area (Å²) < 4.78 is 8.27. The van der Waals surface area contributed by atoms with Crippen molar-refractivity contribution in [1.82, 2.24) is 30.5 Å². The predicted molar refractivity (Wildman–Crippen MR) is 134 cm³/mol. The first-order valence-electron chi connectivity index (χ1n) is 13.2. The Morgan fingerprint density at radius 1 is 1.24 bits per heavy atom. The Bertz CT molecular complexity index is 1210. The van der Waals surface area contributed by atoms with Crippen LogP contribution in [0.5, 0.6) is 0 Å². The first kappa shape index (κ1) is 25.6. The second-order valence-electron chi connectivity index (χ2n) is 10.8. The zero-order valence-corrected chi connectivity index (χ0v) is 21.8. The van der Waals surface area contributed by atoms with Crippen LogP contribution in [0.3, 0.4) is 0 Å². The van der Waals surface area contributed by atoms with Gasteiger partial charge in [0.15, 0.2) is 0 Å². The maximum absolute atomic E-state index is 14.0. The van der Waals surface area contributed by atoms with Crippen molar-refractivity contribution in [2.75, 3.05) is 13.2 Å². The summed E-state index contributed by atoms with van der Waals surface area (Å²) in [6.45, 7) is 8.00. The van der Waals surface area contributed by atoms with Crippen LogP contribution in [0.4, 0.5) is 0 Å². The van der Waals surface area contributed by atoms with Gasteiger partial charge in [-0.05, 0) is 44.2 Å². The molecule has 3 fully saturated rings. The van der Waals surface area contributed by atoms with E-state index in [0.717, 1.165) is 11.9 Å². The van der Waals surface area contributed by atoms with E-state index in [9.17, 15) is 19.5 Å². The van der Waals surface area contributed by atoms with Gasteiger partial charge < -0.3 is 25.4 Å². The molecule has 3 unspecified atom stereocenters. The van der Waals surface area contributed by atoms with Crippen molar-refractivity contribution in [3.8, 4) is 0 Å². The normalized spacial score (nSPS) is 33.1. The molecule has 1 aromatic carbocycles. The summed E-state index contributed by atoms with van der Waals surface area (Å²) in [5.41, 5.74) is -0.547. The first-order chi connectivity index (χ1) is 17.7. The number of para-hydroxylation sites is 1. The third-order valence-electron chi connectivity index (χ3n) is 8.73. The highest BCUT2D eigenvalue weighted by molar-refractivity contribution is 5.99. The molecule has 3 aliphatic rings. The van der Waals surface area contributed by atoms with Crippen molar-refractivity contribution in [3.05, 3.63) is 24.3 Å². The Balaban J connectivity index is 1.51. The Hall–Kier alpha value is -3.05. The van der Waals surface area contributed by atoms with Crippen molar-refractivity contribution >= 4 is 28.8 Å². The Labute approximate surface area is 215 Å². The highest BCUT2D eigenvalue weighted by Gasteiger charge is 2.80. The number of nitrogens with one attached hydrogen (secondary N) is 2. The number of carbonyl (C=O) groups excluding carboxylic acids is 3. The van der Waals surface area contributed by atoms with E-state index in [1.54, 1.807) is 4.68 Å². The molecule has 0 aliphatic carbocycles. The summed E-state index contributed by atoms with van der Waals surface area (Å²) in [7, 11) is 0. The molecule has 1 spiro atoms. The molecule has 5 rings (SSSR count). The number of amides is 3. The fourth-order valence-corrected chi connectivity index (χ4v) is 6.82. The average molecular weight is 513 g/mol. The minimum Gasteiger partial charge on any atom is -0.394 e. The number of fused-ring (bicyclic) bond motifs is 2. The van der Waals surface area contributed by atoms with E-state index in [4.69, 9.17) is 4.74 Å². The predicted octanol–water partition coefficient (Wildman–Crippen LogP) is 0.813. The quantitative estimate of drug-likeness (QED) is 0.452. The number of aliphatic hydroxyl groups excluding tert-OH is 1. The monoisotopic (exact) mass is 512 g/mol. The number of likely N-dealkylation sites (tertiary alicyclic amines) is 1. The fraction of sp³-hybridized carbons (Fsp3) is 0.654. The lowest BCUT2D eigenvalue weighted by Gasteiger charge is -2.36. The van der Waals surface area contributed by atoms with E-state index in [2.05, 4.69) is 20.9 Å². The average Bonchev–Trinajstić information content (AvgIpc) is 3.56. The number of hydrogen-bond acceptors (Lipinski definition) is 7. The SMILES string of the molecule is CCCNC(=O)[C@H]1[C@H]2C(=O)N([C@@H](CC)CO)C(C(=O)NCn3nnc4ccccc43)C23CC(C)[C@]1(C)O3. The van der Waals surface area contributed by atoms with Crippen LogP contribution in [0.1, 0.15) is 47.0 Å². The largest absolute Gasteiger partial charge is 0.394 e. The van der Waals surface area contributed by atoms with Crippen molar-refractivity contribution in [3.63, 3.8) is 0 Å². The summed E-state index contributed by atoms with van der Waals surface area (Å²) in [5, 5.41) is 24.3. The van der Waals surface area contributed by atoms with E-state index in [0.29, 0.717) is 24.9 Å². The van der Waals surface area contributed by atoms with Crippen molar-refractivity contribution in [1.29, 1.82) is 0 Å². The van der Waals surface area contributed by atoms with Crippen LogP contribution in [-0.2, 0) is 25.8 Å². The van der Waals surface area contributed by atoms with Gasteiger partial charge in [0.2, 0.25) is 17.7 Å². The Morgan fingerprint density at radius 3 is 2.70 bits per heavy atom. The molecule has 4 heterocycles. The summed E-state index contributed by atoms with van der Waals surface area (Å²) in [5.74, 6) is -2.48. The zero-order valence-electron chi connectivity index (χ0n) is 21.8. The number of hydrogen-bond donors (Lipinski definition) is 3. The number of aliphatic hydroxyl groups is 1. The number of benzene rings is 1. The molecular weight excluding hydrogens is 476 g/mol. The molecule has 7 atom stereocenters. The van der Waals surface area contributed by atoms with Gasteiger partial charge in [-0.1, -0.05) is 38.1 Å². The minimum absolute atomic E-state index is 0.0439. The molecule has 3 amide bonds. The first-order valence-corrected chi connectivity index (χ1v) is 13.2. The summed E-state index contributed by atoms with van der Waals surface area (Å²) in [6.07, 6.45) is 1.70. The van der Waals surface area contributed by atoms with E-state index >= 15 is 0 Å². The standard InChI is InChI=1S/C26H36N6O5/c1-5-11-27-22(34)19-20-24(36)32(16(6-2)13-33)21(26(20)12-15(3)25(19,4)37-26)23(35)28-14-31-18-10-8-7-9-17(18)29-30-31/h7-10,15-16,19-21,33H,5-6,11-14H2,1-4H3,(H,27,34)(H,28,35)/t15?,16-,19+,20-,21?,25-,26?/m0/s1. The number of carbonyl (C=O) groups is 3. The molecule has 2 bridgehead atoms. The molecule has 200 valence electrons. The van der Waals surface area contributed by atoms with Crippen molar-refractivity contribution in [2.24, 2.45) is 17.8 Å². The Morgan fingerprint density at radius 2 is 2.00 bits per heavy atom. The highest BCUT2D eigenvalue weighted by Crippen LogP contribution is 2.65. The second-order valence-corrected chi connectivity index (χ2v) is 10.8. The van der Waals surface area contributed by atoms with Crippen molar-refractivity contribution in [2.45, 2.75) is 76.9 Å².